The summed E-state index contributed by atoms with van der Waals surface area (Å²) in [6.45, 7) is 42.0. The fourth-order valence-electron chi connectivity index (χ4n) is 9.10. The van der Waals surface area contributed by atoms with Crippen molar-refractivity contribution in [3.05, 3.63) is 138 Å². The smallest absolute Gasteiger partial charge is 0.0930 e. The van der Waals surface area contributed by atoms with Gasteiger partial charge in [0.2, 0.25) is 0 Å². The van der Waals surface area contributed by atoms with E-state index < -0.39 is 0 Å². The molecule has 0 saturated carbocycles. The number of rotatable bonds is 21. The molecule has 2 fully saturated rings. The number of nitrogens with one attached hydrogen (secondary N) is 2. The number of thiol groups is 1. The first-order chi connectivity index (χ1) is 29.5. The van der Waals surface area contributed by atoms with E-state index in [0.29, 0.717) is 5.08 Å². The zero-order valence-corrected chi connectivity index (χ0v) is 40.6. The summed E-state index contributed by atoms with van der Waals surface area (Å²) in [6, 6.07) is 12.1. The summed E-state index contributed by atoms with van der Waals surface area (Å²) in [5.74, 6) is 1.71. The summed E-state index contributed by atoms with van der Waals surface area (Å²) in [6.07, 6.45) is 14.0. The number of nitrogens with zero attached hydrogens (tertiary/aromatic N) is 4. The molecule has 2 aromatic rings. The lowest BCUT2D eigenvalue weighted by Crippen LogP contribution is -2.46. The van der Waals surface area contributed by atoms with Crippen LogP contribution >= 0.6 is 24.6 Å². The highest BCUT2D eigenvalue weighted by Crippen LogP contribution is 2.39. The third-order valence-corrected chi connectivity index (χ3v) is 13.8. The van der Waals surface area contributed by atoms with E-state index in [4.69, 9.17) is 4.74 Å². The van der Waals surface area contributed by atoms with Gasteiger partial charge in [-0.15, -0.1) is 13.2 Å². The van der Waals surface area contributed by atoms with E-state index in [1.54, 1.807) is 25.3 Å². The molecule has 0 aliphatic carbocycles. The maximum Gasteiger partial charge on any atom is 0.0930 e. The number of fused-ring (bicyclic) bond motifs is 1. The maximum absolute atomic E-state index is 5.61. The minimum atomic E-state index is 0.212. The molecule has 2 saturated heterocycles. The molecule has 61 heavy (non-hydrogen) atoms. The van der Waals surface area contributed by atoms with Gasteiger partial charge in [-0.3, -0.25) is 4.90 Å². The van der Waals surface area contributed by atoms with E-state index in [1.807, 2.05) is 6.92 Å². The van der Waals surface area contributed by atoms with Crippen molar-refractivity contribution in [2.24, 2.45) is 5.92 Å². The van der Waals surface area contributed by atoms with Gasteiger partial charge in [0, 0.05) is 86.8 Å². The van der Waals surface area contributed by atoms with Crippen LogP contribution < -0.4 is 14.9 Å². The van der Waals surface area contributed by atoms with Crippen LogP contribution in [-0.4, -0.2) is 78.7 Å². The van der Waals surface area contributed by atoms with Crippen molar-refractivity contribution in [3.8, 4) is 0 Å². The van der Waals surface area contributed by atoms with E-state index in [2.05, 4.69) is 152 Å². The topological polar surface area (TPSA) is 46.2 Å². The lowest BCUT2D eigenvalue weighted by atomic mass is 9.88. The monoisotopic (exact) mass is 867 g/mol. The number of methoxy groups -OCH3 is 1. The Bertz CT molecular complexity index is 1870. The van der Waals surface area contributed by atoms with Crippen molar-refractivity contribution < 1.29 is 4.74 Å². The molecular weight excluding hydrogens is 789 g/mol. The van der Waals surface area contributed by atoms with Crippen LogP contribution in [0.25, 0.3) is 11.3 Å². The van der Waals surface area contributed by atoms with Crippen LogP contribution in [0.3, 0.4) is 0 Å². The molecule has 334 valence electrons. The Morgan fingerprint density at radius 1 is 1.02 bits per heavy atom. The number of aryl methyl sites for hydroxylation is 2. The van der Waals surface area contributed by atoms with Crippen molar-refractivity contribution in [2.75, 3.05) is 62.9 Å². The number of anilines is 1. The zero-order valence-electron chi connectivity index (χ0n) is 38.9. The van der Waals surface area contributed by atoms with Crippen LogP contribution in [0.2, 0.25) is 0 Å². The SMILES string of the molecule is C=C.C=CNC(=C)C(CCC)N1Cc2cc(N3CCC(CCN4CCN(Cc5c(C)cc(C(=C/NSCS)/C(/C=C(\C)OC)=C(\C)CC)cc5CC)CC4)CC3)ccc2C1=C. The van der Waals surface area contributed by atoms with Crippen molar-refractivity contribution in [1.29, 1.82) is 0 Å². The third kappa shape index (κ3) is 13.4. The van der Waals surface area contributed by atoms with Crippen molar-refractivity contribution in [3.63, 3.8) is 0 Å². The summed E-state index contributed by atoms with van der Waals surface area (Å²) in [4.78, 5) is 10.4. The molecule has 0 bridgehead atoms. The van der Waals surface area contributed by atoms with E-state index in [9.17, 15) is 0 Å². The molecule has 3 aliphatic heterocycles. The molecule has 2 aromatic carbocycles. The highest BCUT2D eigenvalue weighted by atomic mass is 32.2. The van der Waals surface area contributed by atoms with Crippen LogP contribution in [0.15, 0.2) is 104 Å². The van der Waals surface area contributed by atoms with Gasteiger partial charge in [0.25, 0.3) is 0 Å². The second-order valence-corrected chi connectivity index (χ2v) is 18.2. The van der Waals surface area contributed by atoms with Crippen LogP contribution in [0.4, 0.5) is 5.69 Å². The van der Waals surface area contributed by atoms with Gasteiger partial charge in [0.15, 0.2) is 0 Å². The summed E-state index contributed by atoms with van der Waals surface area (Å²) in [5.41, 5.74) is 15.4. The Labute approximate surface area is 381 Å². The van der Waals surface area contributed by atoms with E-state index >= 15 is 0 Å². The summed E-state index contributed by atoms with van der Waals surface area (Å²) < 4.78 is 9.05. The molecule has 7 nitrogen and oxygen atoms in total. The lowest BCUT2D eigenvalue weighted by molar-refractivity contribution is 0.119. The normalized spacial score (nSPS) is 17.6. The Balaban J connectivity index is 0.00000403. The zero-order chi connectivity index (χ0) is 44.5. The predicted molar refractivity (Wildman–Crippen MR) is 272 cm³/mol. The van der Waals surface area contributed by atoms with E-state index in [-0.39, 0.29) is 6.04 Å². The molecule has 1 atom stereocenters. The number of ether oxygens (including phenoxy) is 1. The Hall–Kier alpha value is -3.76. The van der Waals surface area contributed by atoms with Crippen molar-refractivity contribution in [2.45, 2.75) is 106 Å². The predicted octanol–water partition coefficient (Wildman–Crippen LogP) is 11.7. The number of hydrogen-bond donors (Lipinski definition) is 3. The molecule has 0 spiro atoms. The third-order valence-electron chi connectivity index (χ3n) is 13.0. The second-order valence-electron chi connectivity index (χ2n) is 16.7. The lowest BCUT2D eigenvalue weighted by Gasteiger charge is -2.37. The van der Waals surface area contributed by atoms with Crippen LogP contribution in [-0.2, 0) is 24.2 Å². The largest absolute Gasteiger partial charge is 0.501 e. The number of piperazine rings is 1. The number of benzene rings is 2. The van der Waals surface area contributed by atoms with Crippen molar-refractivity contribution >= 4 is 41.5 Å². The number of allylic oxidation sites excluding steroid dienone is 5. The Morgan fingerprint density at radius 3 is 2.34 bits per heavy atom. The van der Waals surface area contributed by atoms with Crippen molar-refractivity contribution in [1.82, 2.24) is 24.7 Å². The molecule has 2 N–H and O–H groups in total. The van der Waals surface area contributed by atoms with Crippen LogP contribution in [0.1, 0.15) is 107 Å². The average Bonchev–Trinajstić information content (AvgIpc) is 3.61. The average molecular weight is 867 g/mol. The Morgan fingerprint density at radius 2 is 1.72 bits per heavy atom. The number of hydrogen-bond acceptors (Lipinski definition) is 9. The maximum atomic E-state index is 5.61. The van der Waals surface area contributed by atoms with Gasteiger partial charge in [-0.1, -0.05) is 70.7 Å². The van der Waals surface area contributed by atoms with Gasteiger partial charge in [-0.2, -0.15) is 12.6 Å². The van der Waals surface area contributed by atoms with Gasteiger partial charge < -0.3 is 29.5 Å². The second kappa shape index (κ2) is 25.4. The Kier molecular flexibility index (Phi) is 20.8. The fourth-order valence-corrected chi connectivity index (χ4v) is 9.60. The number of piperidine rings is 1. The van der Waals surface area contributed by atoms with Crippen LogP contribution in [0, 0.1) is 12.8 Å². The van der Waals surface area contributed by atoms with Gasteiger partial charge in [0.05, 0.1) is 24.0 Å². The molecule has 3 heterocycles. The first kappa shape index (κ1) is 49.9. The molecule has 0 radical (unpaired) electrons. The minimum Gasteiger partial charge on any atom is -0.501 e. The van der Waals surface area contributed by atoms with Gasteiger partial charge >= 0.3 is 0 Å². The van der Waals surface area contributed by atoms with Gasteiger partial charge in [0.1, 0.15) is 0 Å². The van der Waals surface area contributed by atoms with Gasteiger partial charge in [-0.05, 0) is 142 Å². The minimum absolute atomic E-state index is 0.212. The molecule has 3 aliphatic rings. The molecule has 0 aromatic heterocycles. The van der Waals surface area contributed by atoms with E-state index in [0.717, 1.165) is 101 Å². The first-order valence-electron chi connectivity index (χ1n) is 22.6. The van der Waals surface area contributed by atoms with Gasteiger partial charge in [-0.25, -0.2) is 0 Å². The molecule has 9 heteroatoms. The molecular formula is C52H78N6OS2. The van der Waals surface area contributed by atoms with E-state index in [1.165, 1.54) is 81.6 Å². The molecule has 5 rings (SSSR count). The highest BCUT2D eigenvalue weighted by Gasteiger charge is 2.31. The summed E-state index contributed by atoms with van der Waals surface area (Å²) in [7, 11) is 1.74. The first-order valence-corrected chi connectivity index (χ1v) is 24.2. The highest BCUT2D eigenvalue weighted by molar-refractivity contribution is 8.08. The molecule has 0 amide bonds. The quantitative estimate of drug-likeness (QED) is 0.0218. The standard InChI is InChI=1S/C50H74N6OS2.C2H4/c1-11-15-50(39(8)51-14-4)56-33-44-31-45(16-17-46(44)40(56)9)55-22-19-41(20-23-55)18-21-53-24-26-54(27-25-53)34-49-37(6)28-43(30-42(49)13-3)48(32-52-59-35-58)47(36(5)12-2)29-38(7)57-10;1-2/h14,16-17,28-32,41,50-52,58H,4,8-9,11-13,15,18-27,33-35H2,1-3,5-7,10H3;1-2H2/b38-29+,47-36+,48-32-;. The summed E-state index contributed by atoms with van der Waals surface area (Å²) in [5, 5.41) is 3.96. The summed E-state index contributed by atoms with van der Waals surface area (Å²) >= 11 is 6.00. The fraction of sp³-hybridized carbons (Fsp3) is 0.500. The molecule has 1 unspecified atom stereocenters. The van der Waals surface area contributed by atoms with Crippen LogP contribution in [0.5, 0.6) is 0 Å².